The van der Waals surface area contributed by atoms with Gasteiger partial charge in [-0.25, -0.2) is 4.79 Å². The Morgan fingerprint density at radius 2 is 1.68 bits per heavy atom. The Hall–Kier alpha value is -2.04. The van der Waals surface area contributed by atoms with E-state index in [9.17, 15) is 9.59 Å². The summed E-state index contributed by atoms with van der Waals surface area (Å²) in [4.78, 5) is 23.1. The molecule has 0 aromatic heterocycles. The molecule has 0 saturated carbocycles. The van der Waals surface area contributed by atoms with Crippen molar-refractivity contribution in [2.75, 3.05) is 0 Å². The molecule has 22 heavy (non-hydrogen) atoms. The lowest BCUT2D eigenvalue weighted by atomic mass is 9.92. The second kappa shape index (κ2) is 6.81. The Kier molecular flexibility index (Phi) is 5.58. The van der Waals surface area contributed by atoms with E-state index in [4.69, 9.17) is 9.84 Å². The first-order chi connectivity index (χ1) is 9.99. The van der Waals surface area contributed by atoms with Crippen molar-refractivity contribution in [3.05, 3.63) is 34.4 Å². The van der Waals surface area contributed by atoms with Crippen LogP contribution in [0.5, 0.6) is 0 Å². The molecule has 0 heterocycles. The molecule has 1 aromatic carbocycles. The van der Waals surface area contributed by atoms with Crippen LogP contribution in [0, 0.1) is 20.8 Å². The number of carboxylic acids is 1. The molecule has 122 valence electrons. The standard InChI is InChI=1S/C17H25NO4/c1-10-7-11(2)15(12(3)8-10)13(9-14(19)20)18-16(21)22-17(4,5)6/h7-8,13H,9H2,1-6H3,(H,18,21)(H,19,20)/t13-/m1/s1. The molecule has 1 amide bonds. The molecule has 5 heteroatoms. The van der Waals surface area contributed by atoms with Crippen LogP contribution in [-0.2, 0) is 9.53 Å². The molecule has 0 aliphatic carbocycles. The molecule has 0 radical (unpaired) electrons. The quantitative estimate of drug-likeness (QED) is 0.890. The third kappa shape index (κ3) is 5.39. The lowest BCUT2D eigenvalue weighted by Gasteiger charge is -2.25. The summed E-state index contributed by atoms with van der Waals surface area (Å²) in [5.74, 6) is -0.972. The van der Waals surface area contributed by atoms with Gasteiger partial charge in [-0.15, -0.1) is 0 Å². The fourth-order valence-corrected chi connectivity index (χ4v) is 2.59. The fourth-order valence-electron chi connectivity index (χ4n) is 2.59. The molecule has 0 fully saturated rings. The van der Waals surface area contributed by atoms with Gasteiger partial charge < -0.3 is 15.2 Å². The third-order valence-electron chi connectivity index (χ3n) is 3.16. The number of hydrogen-bond donors (Lipinski definition) is 2. The van der Waals surface area contributed by atoms with Crippen LogP contribution in [0.4, 0.5) is 4.79 Å². The van der Waals surface area contributed by atoms with Gasteiger partial charge in [0.2, 0.25) is 0 Å². The smallest absolute Gasteiger partial charge is 0.408 e. The molecule has 1 aromatic rings. The number of nitrogens with one attached hydrogen (secondary N) is 1. The molecule has 0 unspecified atom stereocenters. The Balaban J connectivity index is 3.09. The molecule has 0 spiro atoms. The van der Waals surface area contributed by atoms with Crippen molar-refractivity contribution in [2.45, 2.75) is 59.6 Å². The Morgan fingerprint density at radius 3 is 2.09 bits per heavy atom. The predicted molar refractivity (Wildman–Crippen MR) is 85.0 cm³/mol. The fraction of sp³-hybridized carbons (Fsp3) is 0.529. The highest BCUT2D eigenvalue weighted by atomic mass is 16.6. The second-order valence-electron chi connectivity index (χ2n) is 6.61. The number of carbonyl (C=O) groups is 2. The summed E-state index contributed by atoms with van der Waals surface area (Å²) in [6.07, 6.45) is -0.803. The van der Waals surface area contributed by atoms with E-state index < -0.39 is 23.7 Å². The van der Waals surface area contributed by atoms with Gasteiger partial charge in [0, 0.05) is 0 Å². The van der Waals surface area contributed by atoms with Gasteiger partial charge in [-0.3, -0.25) is 4.79 Å². The Labute approximate surface area is 131 Å². The molecular formula is C17H25NO4. The first-order valence-corrected chi connectivity index (χ1v) is 7.28. The van der Waals surface area contributed by atoms with E-state index in [1.54, 1.807) is 20.8 Å². The van der Waals surface area contributed by atoms with E-state index in [0.717, 1.165) is 22.3 Å². The highest BCUT2D eigenvalue weighted by Crippen LogP contribution is 2.26. The summed E-state index contributed by atoms with van der Waals surface area (Å²) in [6, 6.07) is 3.34. The summed E-state index contributed by atoms with van der Waals surface area (Å²) in [5, 5.41) is 11.8. The van der Waals surface area contributed by atoms with Gasteiger partial charge in [0.15, 0.2) is 0 Å². The number of carboxylic acid groups (broad SMARTS) is 1. The maximum absolute atomic E-state index is 12.0. The molecule has 5 nitrogen and oxygen atoms in total. The van der Waals surface area contributed by atoms with Crippen LogP contribution in [0.3, 0.4) is 0 Å². The zero-order valence-corrected chi connectivity index (χ0v) is 14.1. The number of alkyl carbamates (subject to hydrolysis) is 1. The van der Waals surface area contributed by atoms with Gasteiger partial charge in [0.25, 0.3) is 0 Å². The van der Waals surface area contributed by atoms with Crippen molar-refractivity contribution in [3.63, 3.8) is 0 Å². The summed E-state index contributed by atoms with van der Waals surface area (Å²) < 4.78 is 5.23. The highest BCUT2D eigenvalue weighted by molar-refractivity contribution is 5.72. The molecule has 0 saturated heterocycles. The number of ether oxygens (including phenoxy) is 1. The summed E-state index contributed by atoms with van der Waals surface area (Å²) in [5.41, 5.74) is 3.22. The number of aryl methyl sites for hydroxylation is 3. The lowest BCUT2D eigenvalue weighted by Crippen LogP contribution is -2.36. The second-order valence-corrected chi connectivity index (χ2v) is 6.61. The van der Waals surface area contributed by atoms with Crippen molar-refractivity contribution in [2.24, 2.45) is 0 Å². The molecule has 0 aliphatic rings. The lowest BCUT2D eigenvalue weighted by molar-refractivity contribution is -0.137. The van der Waals surface area contributed by atoms with Crippen molar-refractivity contribution < 1.29 is 19.4 Å². The molecule has 1 atom stereocenters. The third-order valence-corrected chi connectivity index (χ3v) is 3.16. The molecule has 2 N–H and O–H groups in total. The van der Waals surface area contributed by atoms with Crippen LogP contribution < -0.4 is 5.32 Å². The predicted octanol–water partition coefficient (Wildman–Crippen LogP) is 3.65. The van der Waals surface area contributed by atoms with E-state index in [-0.39, 0.29) is 6.42 Å². The number of amides is 1. The summed E-state index contributed by atoms with van der Waals surface area (Å²) >= 11 is 0. The molecular weight excluding hydrogens is 282 g/mol. The number of hydrogen-bond acceptors (Lipinski definition) is 3. The maximum Gasteiger partial charge on any atom is 0.408 e. The SMILES string of the molecule is Cc1cc(C)c([C@@H](CC(=O)O)NC(=O)OC(C)(C)C)c(C)c1. The van der Waals surface area contributed by atoms with Crippen LogP contribution in [-0.4, -0.2) is 22.8 Å². The highest BCUT2D eigenvalue weighted by Gasteiger charge is 2.24. The number of aliphatic carboxylic acids is 1. The van der Waals surface area contributed by atoms with Crippen molar-refractivity contribution in [3.8, 4) is 0 Å². The topological polar surface area (TPSA) is 75.6 Å². The average Bonchev–Trinajstić information content (AvgIpc) is 2.22. The first kappa shape index (κ1) is 18.0. The average molecular weight is 307 g/mol. The van der Waals surface area contributed by atoms with Crippen molar-refractivity contribution in [1.82, 2.24) is 5.32 Å². The van der Waals surface area contributed by atoms with Crippen molar-refractivity contribution in [1.29, 1.82) is 0 Å². The monoisotopic (exact) mass is 307 g/mol. The van der Waals surface area contributed by atoms with Gasteiger partial charge in [-0.05, 0) is 58.2 Å². The minimum absolute atomic E-state index is 0.190. The van der Waals surface area contributed by atoms with Crippen LogP contribution in [0.25, 0.3) is 0 Å². The van der Waals surface area contributed by atoms with Gasteiger partial charge in [0.05, 0.1) is 12.5 Å². The van der Waals surface area contributed by atoms with Gasteiger partial charge in [-0.1, -0.05) is 17.7 Å². The van der Waals surface area contributed by atoms with Crippen LogP contribution in [0.1, 0.15) is 55.5 Å². The van der Waals surface area contributed by atoms with Crippen LogP contribution >= 0.6 is 0 Å². The largest absolute Gasteiger partial charge is 0.481 e. The van der Waals surface area contributed by atoms with E-state index in [0.29, 0.717) is 0 Å². The zero-order valence-electron chi connectivity index (χ0n) is 14.1. The van der Waals surface area contributed by atoms with Crippen LogP contribution in [0.15, 0.2) is 12.1 Å². The van der Waals surface area contributed by atoms with Gasteiger partial charge in [-0.2, -0.15) is 0 Å². The minimum Gasteiger partial charge on any atom is -0.481 e. The van der Waals surface area contributed by atoms with Gasteiger partial charge >= 0.3 is 12.1 Å². The van der Waals surface area contributed by atoms with E-state index in [2.05, 4.69) is 5.32 Å². The Bertz CT molecular complexity index is 550. The number of benzene rings is 1. The maximum atomic E-state index is 12.0. The van der Waals surface area contributed by atoms with Crippen molar-refractivity contribution >= 4 is 12.1 Å². The van der Waals surface area contributed by atoms with Gasteiger partial charge in [0.1, 0.15) is 5.60 Å². The Morgan fingerprint density at radius 1 is 1.18 bits per heavy atom. The van der Waals surface area contributed by atoms with E-state index in [1.165, 1.54) is 0 Å². The minimum atomic E-state index is -0.972. The molecule has 0 aliphatic heterocycles. The number of carbonyl (C=O) groups excluding carboxylic acids is 1. The first-order valence-electron chi connectivity index (χ1n) is 7.28. The zero-order chi connectivity index (χ0) is 17.1. The number of rotatable bonds is 4. The molecule has 1 rings (SSSR count). The summed E-state index contributed by atoms with van der Waals surface area (Å²) in [6.45, 7) is 11.1. The van der Waals surface area contributed by atoms with E-state index in [1.807, 2.05) is 32.9 Å². The van der Waals surface area contributed by atoms with E-state index >= 15 is 0 Å². The normalized spacial score (nSPS) is 12.6. The molecule has 0 bridgehead atoms. The summed E-state index contributed by atoms with van der Waals surface area (Å²) in [7, 11) is 0. The van der Waals surface area contributed by atoms with Crippen LogP contribution in [0.2, 0.25) is 0 Å².